The van der Waals surface area contributed by atoms with E-state index in [0.29, 0.717) is 13.2 Å². The molecule has 90 valence electrons. The molecule has 0 saturated heterocycles. The van der Waals surface area contributed by atoms with E-state index < -0.39 is 11.7 Å². The smallest absolute Gasteiger partial charge is 0.369 e. The van der Waals surface area contributed by atoms with Crippen molar-refractivity contribution >= 4 is 17.6 Å². The molecule has 0 spiro atoms. The summed E-state index contributed by atoms with van der Waals surface area (Å²) in [7, 11) is 0. The highest BCUT2D eigenvalue weighted by Crippen LogP contribution is 2.11. The molecule has 7 heteroatoms. The van der Waals surface area contributed by atoms with E-state index in [4.69, 9.17) is 4.74 Å². The first-order valence-corrected chi connectivity index (χ1v) is 5.97. The first-order valence-electron chi connectivity index (χ1n) is 5.20. The van der Waals surface area contributed by atoms with Crippen LogP contribution in [-0.4, -0.2) is 28.1 Å². The lowest BCUT2D eigenvalue weighted by atomic mass is 10.4. The van der Waals surface area contributed by atoms with Crippen LogP contribution in [0.4, 0.5) is 4.79 Å². The van der Waals surface area contributed by atoms with Gasteiger partial charge in [-0.2, -0.15) is 3.96 Å². The highest BCUT2D eigenvalue weighted by Gasteiger charge is 2.12. The molecule has 0 bridgehead atoms. The molecule has 0 aromatic carbocycles. The number of nitrogens with zero attached hydrogens (tertiary/aromatic N) is 2. The third-order valence-electron chi connectivity index (χ3n) is 1.77. The van der Waals surface area contributed by atoms with Crippen LogP contribution in [-0.2, 0) is 0 Å². The molecule has 0 saturated carbocycles. The Kier molecular flexibility index (Phi) is 4.97. The molecule has 1 heterocycles. The van der Waals surface area contributed by atoms with Gasteiger partial charge in [-0.1, -0.05) is 13.3 Å². The molecule has 0 aliphatic carbocycles. The molecule has 1 amide bonds. The fourth-order valence-corrected chi connectivity index (χ4v) is 1.65. The van der Waals surface area contributed by atoms with E-state index >= 15 is 0 Å². The molecular formula is C9H15N3O3S. The molecule has 6 nitrogen and oxygen atoms in total. The van der Waals surface area contributed by atoms with Crippen molar-refractivity contribution < 1.29 is 9.53 Å². The predicted octanol–water partition coefficient (Wildman–Crippen LogP) is 1.06. The lowest BCUT2D eigenvalue weighted by Gasteiger charge is -1.99. The van der Waals surface area contributed by atoms with Gasteiger partial charge in [-0.25, -0.2) is 9.59 Å². The molecule has 0 radical (unpaired) electrons. The summed E-state index contributed by atoms with van der Waals surface area (Å²) in [5.41, 5.74) is -0.595. The Morgan fingerprint density at radius 2 is 2.31 bits per heavy atom. The second-order valence-electron chi connectivity index (χ2n) is 3.08. The van der Waals surface area contributed by atoms with Gasteiger partial charge >= 0.3 is 11.7 Å². The lowest BCUT2D eigenvalue weighted by molar-refractivity contribution is 0.244. The van der Waals surface area contributed by atoms with Gasteiger partial charge in [0.1, 0.15) is 0 Å². The third kappa shape index (κ3) is 3.34. The van der Waals surface area contributed by atoms with Gasteiger partial charge in [-0.05, 0) is 13.3 Å². The second-order valence-corrected chi connectivity index (χ2v) is 3.98. The van der Waals surface area contributed by atoms with Crippen molar-refractivity contribution in [2.24, 2.45) is 0 Å². The van der Waals surface area contributed by atoms with Crippen molar-refractivity contribution in [1.82, 2.24) is 14.3 Å². The molecule has 0 fully saturated rings. The van der Waals surface area contributed by atoms with E-state index in [9.17, 15) is 9.59 Å². The largest absolute Gasteiger partial charge is 0.469 e. The highest BCUT2D eigenvalue weighted by molar-refractivity contribution is 7.09. The first kappa shape index (κ1) is 12.7. The first-order chi connectivity index (χ1) is 7.69. The van der Waals surface area contributed by atoms with E-state index in [0.717, 1.165) is 28.3 Å². The molecule has 1 N–H and O–H groups in total. The number of nitrogens with one attached hydrogen (secondary N) is 1. The number of carbonyl (C=O) groups is 1. The van der Waals surface area contributed by atoms with E-state index in [2.05, 4.69) is 10.3 Å². The Labute approximate surface area is 97.4 Å². The summed E-state index contributed by atoms with van der Waals surface area (Å²) in [6, 6.07) is -0.463. The van der Waals surface area contributed by atoms with Crippen LogP contribution in [0.3, 0.4) is 0 Å². The van der Waals surface area contributed by atoms with Crippen molar-refractivity contribution in [2.75, 3.05) is 13.2 Å². The van der Waals surface area contributed by atoms with E-state index in [-0.39, 0.29) is 5.19 Å². The van der Waals surface area contributed by atoms with Gasteiger partial charge in [-0.15, -0.1) is 4.98 Å². The van der Waals surface area contributed by atoms with Crippen LogP contribution < -0.4 is 15.7 Å². The van der Waals surface area contributed by atoms with Crippen LogP contribution in [0.15, 0.2) is 4.79 Å². The Hall–Kier alpha value is -1.37. The van der Waals surface area contributed by atoms with Crippen molar-refractivity contribution in [3.8, 4) is 5.19 Å². The lowest BCUT2D eigenvalue weighted by Crippen LogP contribution is -2.33. The summed E-state index contributed by atoms with van der Waals surface area (Å²) in [5, 5.41) is 2.76. The van der Waals surface area contributed by atoms with Gasteiger partial charge in [0.05, 0.1) is 6.61 Å². The van der Waals surface area contributed by atoms with Gasteiger partial charge in [-0.3, -0.25) is 0 Å². The fourth-order valence-electron chi connectivity index (χ4n) is 0.975. The SMILES string of the molecule is CCCCOc1nc(=O)n(C(=O)NCC)s1. The Morgan fingerprint density at radius 1 is 1.56 bits per heavy atom. The average molecular weight is 245 g/mol. The van der Waals surface area contributed by atoms with E-state index in [1.807, 2.05) is 6.92 Å². The highest BCUT2D eigenvalue weighted by atomic mass is 32.1. The van der Waals surface area contributed by atoms with Gasteiger partial charge in [0.25, 0.3) is 5.19 Å². The molecule has 0 aliphatic rings. The Bertz CT molecular complexity index is 399. The third-order valence-corrected chi connectivity index (χ3v) is 2.64. The van der Waals surface area contributed by atoms with Crippen LogP contribution >= 0.6 is 11.5 Å². The minimum Gasteiger partial charge on any atom is -0.469 e. The topological polar surface area (TPSA) is 73.2 Å². The minimum atomic E-state index is -0.595. The number of amides is 1. The average Bonchev–Trinajstić information content (AvgIpc) is 2.61. The molecule has 1 aromatic heterocycles. The maximum atomic E-state index is 11.4. The van der Waals surface area contributed by atoms with Crippen molar-refractivity contribution in [3.05, 3.63) is 10.5 Å². The predicted molar refractivity (Wildman–Crippen MR) is 61.2 cm³/mol. The van der Waals surface area contributed by atoms with Crippen LogP contribution in [0.5, 0.6) is 5.19 Å². The molecular weight excluding hydrogens is 230 g/mol. The van der Waals surface area contributed by atoms with Gasteiger partial charge in [0.15, 0.2) is 0 Å². The van der Waals surface area contributed by atoms with Crippen LogP contribution in [0.25, 0.3) is 0 Å². The number of hydrogen-bond acceptors (Lipinski definition) is 5. The normalized spacial score (nSPS) is 10.1. The molecule has 16 heavy (non-hydrogen) atoms. The molecule has 1 rings (SSSR count). The van der Waals surface area contributed by atoms with Crippen molar-refractivity contribution in [3.63, 3.8) is 0 Å². The summed E-state index contributed by atoms with van der Waals surface area (Å²) < 4.78 is 6.19. The monoisotopic (exact) mass is 245 g/mol. The Balaban J connectivity index is 2.66. The van der Waals surface area contributed by atoms with Gasteiger partial charge < -0.3 is 10.1 Å². The van der Waals surface area contributed by atoms with Crippen molar-refractivity contribution in [1.29, 1.82) is 0 Å². The van der Waals surface area contributed by atoms with Gasteiger partial charge in [0, 0.05) is 18.1 Å². The summed E-state index contributed by atoms with van der Waals surface area (Å²) >= 11 is 0.917. The summed E-state index contributed by atoms with van der Waals surface area (Å²) in [6.45, 7) is 4.80. The maximum Gasteiger partial charge on any atom is 0.369 e. The van der Waals surface area contributed by atoms with Crippen LogP contribution in [0, 0.1) is 0 Å². The number of ether oxygens (including phenoxy) is 1. The number of aromatic nitrogens is 2. The minimum absolute atomic E-state index is 0.240. The molecule has 0 atom stereocenters. The van der Waals surface area contributed by atoms with E-state index in [1.54, 1.807) is 6.92 Å². The standard InChI is InChI=1S/C9H15N3O3S/c1-3-5-6-15-9-11-8(14)12(16-9)7(13)10-4-2/h3-6H2,1-2H3,(H,10,13). The number of hydrogen-bond donors (Lipinski definition) is 1. The van der Waals surface area contributed by atoms with Crippen LogP contribution in [0.2, 0.25) is 0 Å². The second kappa shape index (κ2) is 6.26. The van der Waals surface area contributed by atoms with E-state index in [1.165, 1.54) is 0 Å². The maximum absolute atomic E-state index is 11.4. The summed E-state index contributed by atoms with van der Waals surface area (Å²) in [6.07, 6.45) is 1.90. The molecule has 0 aliphatic heterocycles. The number of carbonyl (C=O) groups excluding carboxylic acids is 1. The molecule has 0 unspecified atom stereocenters. The fraction of sp³-hybridized carbons (Fsp3) is 0.667. The summed E-state index contributed by atoms with van der Waals surface area (Å²) in [4.78, 5) is 26.3. The van der Waals surface area contributed by atoms with Crippen LogP contribution in [0.1, 0.15) is 26.7 Å². The zero-order chi connectivity index (χ0) is 12.0. The zero-order valence-electron chi connectivity index (χ0n) is 9.36. The van der Waals surface area contributed by atoms with Gasteiger partial charge in [0.2, 0.25) is 0 Å². The zero-order valence-corrected chi connectivity index (χ0v) is 10.2. The van der Waals surface area contributed by atoms with Crippen molar-refractivity contribution in [2.45, 2.75) is 26.7 Å². The quantitative estimate of drug-likeness (QED) is 0.787. The number of rotatable bonds is 5. The number of unbranched alkanes of at least 4 members (excludes halogenated alkanes) is 1. The Morgan fingerprint density at radius 3 is 2.94 bits per heavy atom. The molecule has 1 aromatic rings. The summed E-state index contributed by atoms with van der Waals surface area (Å²) in [5.74, 6) is 0.